The molecule has 0 unspecified atom stereocenters. The summed E-state index contributed by atoms with van der Waals surface area (Å²) >= 11 is 1.87. The SMILES string of the molecule is c1ccc(-n2c3ccccc3c3c4c5ccccc5n(-c5cccc6sc7ccccc7c56)c4ccc32)c(-c2ccc3ccccc3c2)c1. The monoisotopic (exact) mass is 640 g/mol. The highest BCUT2D eigenvalue weighted by atomic mass is 32.1. The van der Waals surface area contributed by atoms with Crippen LogP contribution in [-0.4, -0.2) is 9.13 Å². The maximum absolute atomic E-state index is 2.50. The Balaban J connectivity index is 1.26. The van der Waals surface area contributed by atoms with Gasteiger partial charge in [0.05, 0.1) is 33.4 Å². The van der Waals surface area contributed by atoms with Crippen LogP contribution in [-0.2, 0) is 0 Å². The number of fused-ring (bicyclic) bond motifs is 11. The van der Waals surface area contributed by atoms with E-state index in [1.54, 1.807) is 0 Å². The Kier molecular flexibility index (Phi) is 5.57. The fourth-order valence-corrected chi connectivity index (χ4v) is 9.38. The Labute approximate surface area is 286 Å². The van der Waals surface area contributed by atoms with Crippen molar-refractivity contribution in [3.63, 3.8) is 0 Å². The lowest BCUT2D eigenvalue weighted by Gasteiger charge is -2.15. The maximum Gasteiger partial charge on any atom is 0.0555 e. The van der Waals surface area contributed by atoms with Crippen molar-refractivity contribution in [1.29, 1.82) is 0 Å². The molecule has 49 heavy (non-hydrogen) atoms. The first-order chi connectivity index (χ1) is 24.3. The summed E-state index contributed by atoms with van der Waals surface area (Å²) in [4.78, 5) is 0. The number of rotatable bonds is 3. The fourth-order valence-electron chi connectivity index (χ4n) is 8.25. The zero-order valence-corrected chi connectivity index (χ0v) is 27.3. The van der Waals surface area contributed by atoms with E-state index in [1.165, 1.54) is 97.1 Å². The largest absolute Gasteiger partial charge is 0.309 e. The molecule has 0 atom stereocenters. The van der Waals surface area contributed by atoms with Crippen molar-refractivity contribution in [2.75, 3.05) is 0 Å². The number of para-hydroxylation sites is 3. The fraction of sp³-hybridized carbons (Fsp3) is 0. The van der Waals surface area contributed by atoms with Crippen LogP contribution in [0.2, 0.25) is 0 Å². The summed E-state index contributed by atoms with van der Waals surface area (Å²) in [5.41, 5.74) is 9.71. The molecule has 0 amide bonds. The van der Waals surface area contributed by atoms with E-state index in [-0.39, 0.29) is 0 Å². The average molecular weight is 641 g/mol. The van der Waals surface area contributed by atoms with Gasteiger partial charge in [0.15, 0.2) is 0 Å². The lowest BCUT2D eigenvalue weighted by Crippen LogP contribution is -1.97. The maximum atomic E-state index is 2.50. The van der Waals surface area contributed by atoms with E-state index in [1.807, 2.05) is 11.3 Å². The Morgan fingerprint density at radius 1 is 0.347 bits per heavy atom. The van der Waals surface area contributed by atoms with E-state index >= 15 is 0 Å². The number of benzene rings is 8. The molecule has 0 spiro atoms. The second-order valence-electron chi connectivity index (χ2n) is 12.9. The van der Waals surface area contributed by atoms with Crippen molar-refractivity contribution in [2.24, 2.45) is 0 Å². The highest BCUT2D eigenvalue weighted by Crippen LogP contribution is 2.45. The Morgan fingerprint density at radius 3 is 1.69 bits per heavy atom. The van der Waals surface area contributed by atoms with Crippen molar-refractivity contribution in [3.8, 4) is 22.5 Å². The van der Waals surface area contributed by atoms with Gasteiger partial charge in [0.2, 0.25) is 0 Å². The molecule has 0 bridgehead atoms. The molecular weight excluding hydrogens is 613 g/mol. The first-order valence-electron chi connectivity index (χ1n) is 16.8. The van der Waals surface area contributed by atoms with Crippen LogP contribution in [0, 0.1) is 0 Å². The predicted molar refractivity (Wildman–Crippen MR) is 211 cm³/mol. The predicted octanol–water partition coefficient (Wildman–Crippen LogP) is 13.1. The van der Waals surface area contributed by atoms with Gasteiger partial charge in [-0.25, -0.2) is 0 Å². The van der Waals surface area contributed by atoms with Crippen LogP contribution in [0.5, 0.6) is 0 Å². The average Bonchev–Trinajstić information content (AvgIpc) is 3.82. The van der Waals surface area contributed by atoms with Gasteiger partial charge in [-0.3, -0.25) is 0 Å². The minimum atomic E-state index is 1.18. The summed E-state index contributed by atoms with van der Waals surface area (Å²) in [6.45, 7) is 0. The van der Waals surface area contributed by atoms with Crippen LogP contribution >= 0.6 is 11.3 Å². The molecule has 0 aliphatic rings. The summed E-state index contributed by atoms with van der Waals surface area (Å²) < 4.78 is 7.61. The van der Waals surface area contributed by atoms with E-state index in [4.69, 9.17) is 0 Å². The highest BCUT2D eigenvalue weighted by Gasteiger charge is 2.22. The second-order valence-corrected chi connectivity index (χ2v) is 14.0. The van der Waals surface area contributed by atoms with Gasteiger partial charge in [-0.2, -0.15) is 0 Å². The third-order valence-corrected chi connectivity index (χ3v) is 11.4. The molecule has 3 aromatic heterocycles. The van der Waals surface area contributed by atoms with Crippen LogP contribution in [0.15, 0.2) is 170 Å². The van der Waals surface area contributed by atoms with Gasteiger partial charge in [-0.05, 0) is 70.9 Å². The lowest BCUT2D eigenvalue weighted by molar-refractivity contribution is 1.18. The van der Waals surface area contributed by atoms with E-state index in [0.29, 0.717) is 0 Å². The van der Waals surface area contributed by atoms with E-state index < -0.39 is 0 Å². The summed E-state index contributed by atoms with van der Waals surface area (Å²) in [5.74, 6) is 0. The van der Waals surface area contributed by atoms with E-state index in [9.17, 15) is 0 Å². The molecule has 0 N–H and O–H groups in total. The van der Waals surface area contributed by atoms with Crippen molar-refractivity contribution in [2.45, 2.75) is 0 Å². The molecule has 3 heterocycles. The number of thiophene rings is 1. The molecule has 0 radical (unpaired) electrons. The summed E-state index contributed by atoms with van der Waals surface area (Å²) in [5, 5.41) is 10.3. The smallest absolute Gasteiger partial charge is 0.0555 e. The standard InChI is InChI=1S/C46H28N2S/c1-2-13-30-28-31(25-24-29(30)12-1)32-14-3-7-18-36(32)47-37-19-8-4-15-33(37)45-40(47)26-27-41-46(45)34-16-5-9-20-38(34)48(41)39-21-11-23-43-44(39)35-17-6-10-22-42(35)49-43/h1-28H. The van der Waals surface area contributed by atoms with Crippen molar-refractivity contribution in [3.05, 3.63) is 170 Å². The third kappa shape index (κ3) is 3.76. The third-order valence-electron chi connectivity index (χ3n) is 10.3. The molecule has 8 aromatic carbocycles. The van der Waals surface area contributed by atoms with Gasteiger partial charge in [-0.15, -0.1) is 11.3 Å². The van der Waals surface area contributed by atoms with E-state index in [2.05, 4.69) is 179 Å². The topological polar surface area (TPSA) is 9.86 Å². The zero-order valence-electron chi connectivity index (χ0n) is 26.5. The molecular formula is C46H28N2S. The first-order valence-corrected chi connectivity index (χ1v) is 17.6. The van der Waals surface area contributed by atoms with Crippen LogP contribution in [0.25, 0.3) is 97.1 Å². The van der Waals surface area contributed by atoms with Crippen LogP contribution in [0.3, 0.4) is 0 Å². The van der Waals surface area contributed by atoms with Crippen LogP contribution in [0.1, 0.15) is 0 Å². The molecule has 0 fully saturated rings. The number of hydrogen-bond donors (Lipinski definition) is 0. The van der Waals surface area contributed by atoms with Gasteiger partial charge >= 0.3 is 0 Å². The molecule has 0 saturated heterocycles. The minimum Gasteiger partial charge on any atom is -0.309 e. The number of nitrogens with zero attached hydrogens (tertiary/aromatic N) is 2. The summed E-state index contributed by atoms with van der Waals surface area (Å²) in [6.07, 6.45) is 0. The van der Waals surface area contributed by atoms with E-state index in [0.717, 1.165) is 0 Å². The highest BCUT2D eigenvalue weighted by molar-refractivity contribution is 7.25. The molecule has 3 heteroatoms. The normalized spacial score (nSPS) is 12.1. The Morgan fingerprint density at radius 2 is 0.918 bits per heavy atom. The van der Waals surface area contributed by atoms with Gasteiger partial charge in [0, 0.05) is 47.3 Å². The van der Waals surface area contributed by atoms with Gasteiger partial charge < -0.3 is 9.13 Å². The number of hydrogen-bond acceptors (Lipinski definition) is 1. The quantitative estimate of drug-likeness (QED) is 0.182. The van der Waals surface area contributed by atoms with Crippen molar-refractivity contribution >= 4 is 85.9 Å². The molecule has 11 rings (SSSR count). The molecule has 228 valence electrons. The van der Waals surface area contributed by atoms with Crippen LogP contribution in [0.4, 0.5) is 0 Å². The first kappa shape index (κ1) is 26.9. The Bertz CT molecular complexity index is 3120. The summed E-state index contributed by atoms with van der Waals surface area (Å²) in [7, 11) is 0. The molecule has 0 aliphatic carbocycles. The lowest BCUT2D eigenvalue weighted by atomic mass is 9.99. The minimum absolute atomic E-state index is 1.18. The van der Waals surface area contributed by atoms with Crippen molar-refractivity contribution in [1.82, 2.24) is 9.13 Å². The van der Waals surface area contributed by atoms with Gasteiger partial charge in [-0.1, -0.05) is 115 Å². The second kappa shape index (κ2) is 10.2. The van der Waals surface area contributed by atoms with Gasteiger partial charge in [0.25, 0.3) is 0 Å². The number of aromatic nitrogens is 2. The molecule has 11 aromatic rings. The molecule has 0 saturated carbocycles. The molecule has 0 aliphatic heterocycles. The molecule has 2 nitrogen and oxygen atoms in total. The summed E-state index contributed by atoms with van der Waals surface area (Å²) in [6, 6.07) is 62.4. The Hall–Kier alpha value is -6.16. The van der Waals surface area contributed by atoms with Crippen LogP contribution < -0.4 is 0 Å². The van der Waals surface area contributed by atoms with Gasteiger partial charge in [0.1, 0.15) is 0 Å². The van der Waals surface area contributed by atoms with Crippen molar-refractivity contribution < 1.29 is 0 Å². The zero-order chi connectivity index (χ0) is 32.1.